The molecule has 6 heteroatoms. The number of sulfonamides is 1. The molecule has 0 aromatic heterocycles. The van der Waals surface area contributed by atoms with Gasteiger partial charge in [-0.2, -0.15) is 11.8 Å². The van der Waals surface area contributed by atoms with Gasteiger partial charge in [0.15, 0.2) is 0 Å². The van der Waals surface area contributed by atoms with Crippen molar-refractivity contribution in [1.82, 2.24) is 4.72 Å². The first kappa shape index (κ1) is 12.7. The predicted octanol–water partition coefficient (Wildman–Crippen LogP) is 1.44. The van der Waals surface area contributed by atoms with Gasteiger partial charge in [0, 0.05) is 11.3 Å². The number of nitrogens with one attached hydrogen (secondary N) is 1. The van der Waals surface area contributed by atoms with Crippen molar-refractivity contribution in [1.29, 1.82) is 0 Å². The fraction of sp³-hybridized carbons (Fsp3) is 0.455. The first-order chi connectivity index (χ1) is 7.99. The Morgan fingerprint density at radius 3 is 2.59 bits per heavy atom. The van der Waals surface area contributed by atoms with Crippen LogP contribution in [-0.4, -0.2) is 26.0 Å². The Balaban J connectivity index is 2.12. The maximum absolute atomic E-state index is 12.0. The monoisotopic (exact) mass is 272 g/mol. The Hall–Kier alpha value is -0.720. The van der Waals surface area contributed by atoms with Crippen molar-refractivity contribution >= 4 is 27.5 Å². The van der Waals surface area contributed by atoms with Crippen LogP contribution in [0.15, 0.2) is 29.2 Å². The molecule has 1 saturated carbocycles. The molecule has 0 atom stereocenters. The summed E-state index contributed by atoms with van der Waals surface area (Å²) in [4.78, 5) is 0.164. The van der Waals surface area contributed by atoms with Crippen LogP contribution in [0.2, 0.25) is 0 Å². The van der Waals surface area contributed by atoms with Crippen molar-refractivity contribution in [3.63, 3.8) is 0 Å². The first-order valence-electron chi connectivity index (χ1n) is 5.38. The van der Waals surface area contributed by atoms with Crippen LogP contribution in [0.1, 0.15) is 12.8 Å². The van der Waals surface area contributed by atoms with Crippen molar-refractivity contribution in [3.05, 3.63) is 24.3 Å². The van der Waals surface area contributed by atoms with E-state index in [1.165, 1.54) is 6.07 Å². The second-order valence-electron chi connectivity index (χ2n) is 4.25. The zero-order chi connectivity index (χ0) is 12.5. The number of thioether (sulfide) groups is 1. The van der Waals surface area contributed by atoms with Gasteiger partial charge in [-0.05, 0) is 31.2 Å². The van der Waals surface area contributed by atoms with Gasteiger partial charge in [0.2, 0.25) is 10.0 Å². The van der Waals surface area contributed by atoms with Crippen LogP contribution < -0.4 is 10.5 Å². The first-order valence-corrected chi connectivity index (χ1v) is 8.09. The molecule has 0 spiro atoms. The largest absolute Gasteiger partial charge is 0.398 e. The van der Waals surface area contributed by atoms with Gasteiger partial charge in [0.1, 0.15) is 4.90 Å². The average Bonchev–Trinajstić information content (AvgIpc) is 3.08. The fourth-order valence-electron chi connectivity index (χ4n) is 1.62. The molecule has 1 fully saturated rings. The van der Waals surface area contributed by atoms with Crippen molar-refractivity contribution in [3.8, 4) is 0 Å². The quantitative estimate of drug-likeness (QED) is 0.796. The second-order valence-corrected chi connectivity index (χ2v) is 7.26. The Labute approximate surface area is 106 Å². The Morgan fingerprint density at radius 1 is 1.41 bits per heavy atom. The minimum atomic E-state index is -3.48. The lowest BCUT2D eigenvalue weighted by Gasteiger charge is -2.14. The molecule has 0 amide bonds. The summed E-state index contributed by atoms with van der Waals surface area (Å²) in [6.45, 7) is 0.477. The molecular weight excluding hydrogens is 256 g/mol. The number of hydrogen-bond acceptors (Lipinski definition) is 4. The van der Waals surface area contributed by atoms with Gasteiger partial charge in [-0.1, -0.05) is 12.1 Å². The lowest BCUT2D eigenvalue weighted by molar-refractivity contribution is 0.580. The van der Waals surface area contributed by atoms with Gasteiger partial charge in [-0.25, -0.2) is 13.1 Å². The van der Waals surface area contributed by atoms with E-state index in [0.29, 0.717) is 6.54 Å². The van der Waals surface area contributed by atoms with Crippen LogP contribution in [0, 0.1) is 0 Å². The van der Waals surface area contributed by atoms with Gasteiger partial charge in [0.25, 0.3) is 0 Å². The van der Waals surface area contributed by atoms with E-state index in [0.717, 1.165) is 12.8 Å². The third kappa shape index (κ3) is 2.75. The number of benzene rings is 1. The summed E-state index contributed by atoms with van der Waals surface area (Å²) in [6, 6.07) is 6.51. The van der Waals surface area contributed by atoms with Crippen molar-refractivity contribution in [2.24, 2.45) is 0 Å². The molecule has 0 unspecified atom stereocenters. The lowest BCUT2D eigenvalue weighted by Crippen LogP contribution is -2.32. The van der Waals surface area contributed by atoms with E-state index in [-0.39, 0.29) is 15.3 Å². The maximum atomic E-state index is 12.0. The normalized spacial score (nSPS) is 17.9. The summed E-state index contributed by atoms with van der Waals surface area (Å²) >= 11 is 1.72. The van der Waals surface area contributed by atoms with Gasteiger partial charge >= 0.3 is 0 Å². The van der Waals surface area contributed by atoms with E-state index in [4.69, 9.17) is 5.73 Å². The summed E-state index contributed by atoms with van der Waals surface area (Å²) in [5.41, 5.74) is 5.96. The number of anilines is 1. The molecule has 0 radical (unpaired) electrons. The molecule has 3 N–H and O–H groups in total. The van der Waals surface area contributed by atoms with Crippen LogP contribution in [0.4, 0.5) is 5.69 Å². The van der Waals surface area contributed by atoms with Crippen molar-refractivity contribution in [2.75, 3.05) is 18.5 Å². The van der Waals surface area contributed by atoms with E-state index < -0.39 is 10.0 Å². The minimum absolute atomic E-state index is 0.108. The molecule has 0 bridgehead atoms. The Morgan fingerprint density at radius 2 is 2.06 bits per heavy atom. The van der Waals surface area contributed by atoms with Crippen LogP contribution in [0.5, 0.6) is 0 Å². The highest BCUT2D eigenvalue weighted by Gasteiger charge is 2.42. The molecule has 1 aromatic rings. The van der Waals surface area contributed by atoms with E-state index >= 15 is 0 Å². The lowest BCUT2D eigenvalue weighted by atomic mass is 10.3. The van der Waals surface area contributed by atoms with Crippen LogP contribution in [-0.2, 0) is 10.0 Å². The molecule has 1 aliphatic rings. The number of nitrogens with two attached hydrogens (primary N) is 1. The predicted molar refractivity (Wildman–Crippen MR) is 71.5 cm³/mol. The van der Waals surface area contributed by atoms with Gasteiger partial charge < -0.3 is 5.73 Å². The molecular formula is C11H16N2O2S2. The Bertz CT molecular complexity index is 510. The number of nitrogen functional groups attached to an aromatic ring is 1. The number of rotatable bonds is 5. The minimum Gasteiger partial charge on any atom is -0.398 e. The summed E-state index contributed by atoms with van der Waals surface area (Å²) in [7, 11) is -3.48. The summed E-state index contributed by atoms with van der Waals surface area (Å²) in [5.74, 6) is 0. The van der Waals surface area contributed by atoms with Gasteiger partial charge in [0.05, 0.1) is 5.69 Å². The number of para-hydroxylation sites is 1. The van der Waals surface area contributed by atoms with Gasteiger partial charge in [-0.3, -0.25) is 0 Å². The summed E-state index contributed by atoms with van der Waals surface area (Å²) in [5, 5.41) is 0. The molecule has 0 saturated heterocycles. The molecule has 1 aliphatic carbocycles. The molecule has 4 nitrogen and oxygen atoms in total. The average molecular weight is 272 g/mol. The van der Waals surface area contributed by atoms with E-state index in [1.807, 2.05) is 6.26 Å². The third-order valence-corrected chi connectivity index (χ3v) is 5.93. The summed E-state index contributed by atoms with van der Waals surface area (Å²) < 4.78 is 26.8. The molecule has 0 aliphatic heterocycles. The van der Waals surface area contributed by atoms with Gasteiger partial charge in [-0.15, -0.1) is 0 Å². The fourth-order valence-corrected chi connectivity index (χ4v) is 3.70. The molecule has 1 aromatic carbocycles. The topological polar surface area (TPSA) is 72.2 Å². The zero-order valence-corrected chi connectivity index (χ0v) is 11.3. The summed E-state index contributed by atoms with van der Waals surface area (Å²) in [6.07, 6.45) is 4.15. The van der Waals surface area contributed by atoms with Crippen molar-refractivity contribution in [2.45, 2.75) is 22.5 Å². The number of hydrogen-bond donors (Lipinski definition) is 2. The molecule has 94 valence electrons. The Kier molecular flexibility index (Phi) is 3.38. The molecule has 0 heterocycles. The standard InChI is InChI=1S/C11H16N2O2S2/c1-16-11(6-7-11)8-13-17(14,15)10-5-3-2-4-9(10)12/h2-5,13H,6-8,12H2,1H3. The van der Waals surface area contributed by atoms with E-state index in [2.05, 4.69) is 4.72 Å². The highest BCUT2D eigenvalue weighted by atomic mass is 32.2. The van der Waals surface area contributed by atoms with E-state index in [9.17, 15) is 8.42 Å². The SMILES string of the molecule is CSC1(CNS(=O)(=O)c2ccccc2N)CC1. The van der Waals surface area contributed by atoms with Crippen LogP contribution in [0.25, 0.3) is 0 Å². The molecule has 2 rings (SSSR count). The second kappa shape index (κ2) is 4.51. The molecule has 17 heavy (non-hydrogen) atoms. The van der Waals surface area contributed by atoms with Crippen LogP contribution in [0.3, 0.4) is 0 Å². The smallest absolute Gasteiger partial charge is 0.242 e. The highest BCUT2D eigenvalue weighted by molar-refractivity contribution is 8.00. The van der Waals surface area contributed by atoms with Crippen molar-refractivity contribution < 1.29 is 8.42 Å². The maximum Gasteiger partial charge on any atom is 0.242 e. The third-order valence-electron chi connectivity index (χ3n) is 3.03. The zero-order valence-electron chi connectivity index (χ0n) is 9.64. The highest BCUT2D eigenvalue weighted by Crippen LogP contribution is 2.46. The van der Waals surface area contributed by atoms with E-state index in [1.54, 1.807) is 30.0 Å². The van der Waals surface area contributed by atoms with Crippen LogP contribution >= 0.6 is 11.8 Å².